The van der Waals surface area contributed by atoms with Gasteiger partial charge in [-0.25, -0.2) is 0 Å². The Balaban J connectivity index is 1.68. The number of carbonyl (C=O) groups is 2. The van der Waals surface area contributed by atoms with Crippen molar-refractivity contribution >= 4 is 35.0 Å². The molecule has 3 rings (SSSR count). The van der Waals surface area contributed by atoms with Gasteiger partial charge in [-0.3, -0.25) is 9.59 Å². The Kier molecular flexibility index (Phi) is 6.49. The van der Waals surface area contributed by atoms with Crippen LogP contribution in [0.2, 0.25) is 0 Å². The Labute approximate surface area is 175 Å². The van der Waals surface area contributed by atoms with Crippen LogP contribution in [-0.4, -0.2) is 23.5 Å². The Morgan fingerprint density at radius 2 is 1.67 bits per heavy atom. The predicted octanol–water partition coefficient (Wildman–Crippen LogP) is 4.29. The third kappa shape index (κ3) is 4.86. The lowest BCUT2D eigenvalue weighted by Gasteiger charge is -2.20. The lowest BCUT2D eigenvalue weighted by atomic mass is 10.1. The van der Waals surface area contributed by atoms with Crippen LogP contribution < -0.4 is 16.0 Å². The Morgan fingerprint density at radius 3 is 2.33 bits per heavy atom. The highest BCUT2D eigenvalue weighted by atomic mass is 16.3. The van der Waals surface area contributed by atoms with Crippen LogP contribution in [0.3, 0.4) is 0 Å². The normalized spacial score (nSPS) is 10.7. The number of likely N-dealkylation sites (N-methyl/N-ethyl adjacent to an activating group) is 1. The summed E-state index contributed by atoms with van der Waals surface area (Å²) in [6, 6.07) is 20.6. The minimum atomic E-state index is -0.267. The fourth-order valence-electron chi connectivity index (χ4n) is 2.95. The molecule has 3 aromatic carbocycles. The maximum absolute atomic E-state index is 12.6. The molecule has 0 unspecified atom stereocenters. The fraction of sp³-hybridized carbons (Fsp3) is 0.0833. The molecule has 0 aliphatic rings. The van der Waals surface area contributed by atoms with Crippen LogP contribution in [0.1, 0.15) is 22.8 Å². The average molecular weight is 401 g/mol. The third-order valence-corrected chi connectivity index (χ3v) is 4.56. The van der Waals surface area contributed by atoms with Gasteiger partial charge in [-0.05, 0) is 55.0 Å². The van der Waals surface area contributed by atoms with Gasteiger partial charge in [-0.15, -0.1) is 0 Å². The van der Waals surface area contributed by atoms with Gasteiger partial charge in [0.15, 0.2) is 0 Å². The van der Waals surface area contributed by atoms with Gasteiger partial charge < -0.3 is 21.1 Å². The van der Waals surface area contributed by atoms with E-state index in [0.717, 1.165) is 5.56 Å². The number of carbonyl (C=O) groups excluding carboxylic acids is 2. The number of benzene rings is 3. The highest BCUT2D eigenvalue weighted by Crippen LogP contribution is 2.26. The van der Waals surface area contributed by atoms with Crippen LogP contribution in [0.15, 0.2) is 78.9 Å². The molecule has 0 aliphatic carbocycles. The molecule has 0 spiro atoms. The highest BCUT2D eigenvalue weighted by Gasteiger charge is 2.14. The number of nitrogens with one attached hydrogen (secondary N) is 1. The van der Waals surface area contributed by atoms with Crippen molar-refractivity contribution in [2.24, 2.45) is 0 Å². The molecule has 0 bridgehead atoms. The molecular formula is C24H23N3O3. The van der Waals surface area contributed by atoms with Gasteiger partial charge in [0.25, 0.3) is 11.8 Å². The smallest absolute Gasteiger partial charge is 0.255 e. The maximum atomic E-state index is 12.6. The minimum Gasteiger partial charge on any atom is -0.506 e. The molecule has 6 heteroatoms. The van der Waals surface area contributed by atoms with Crippen LogP contribution in [0.25, 0.3) is 6.08 Å². The number of nitrogens with two attached hydrogens (primary N) is 1. The number of rotatable bonds is 6. The van der Waals surface area contributed by atoms with Gasteiger partial charge in [0, 0.05) is 18.2 Å². The summed E-state index contributed by atoms with van der Waals surface area (Å²) >= 11 is 0. The van der Waals surface area contributed by atoms with Crippen LogP contribution in [0.5, 0.6) is 5.75 Å². The predicted molar refractivity (Wildman–Crippen MR) is 120 cm³/mol. The molecule has 152 valence electrons. The number of anilines is 3. The van der Waals surface area contributed by atoms with Crippen LogP contribution in [0.4, 0.5) is 17.1 Å². The first-order chi connectivity index (χ1) is 14.5. The number of nitrogens with zero attached hydrogens (tertiary/aromatic N) is 1. The van der Waals surface area contributed by atoms with Gasteiger partial charge in [-0.2, -0.15) is 0 Å². The SMILES string of the molecule is CCN(C(=O)C=Cc1ccc(C(=O)Nc2ccccc2N)cc1)c1ccccc1O. The van der Waals surface area contributed by atoms with E-state index in [1.54, 1.807) is 78.9 Å². The summed E-state index contributed by atoms with van der Waals surface area (Å²) in [5, 5.41) is 12.8. The van der Waals surface area contributed by atoms with Crippen molar-refractivity contribution in [2.45, 2.75) is 6.92 Å². The van der Waals surface area contributed by atoms with Crippen LogP contribution in [-0.2, 0) is 4.79 Å². The van der Waals surface area contributed by atoms with Crippen LogP contribution in [0, 0.1) is 0 Å². The number of phenolic OH excluding ortho intramolecular Hbond substituents is 1. The molecule has 0 aromatic heterocycles. The van der Waals surface area contributed by atoms with E-state index in [2.05, 4.69) is 5.32 Å². The van der Waals surface area contributed by atoms with Gasteiger partial charge in [-0.1, -0.05) is 36.4 Å². The molecule has 0 fully saturated rings. The summed E-state index contributed by atoms with van der Waals surface area (Å²) in [5.74, 6) is -0.466. The van der Waals surface area contributed by atoms with Crippen molar-refractivity contribution in [3.8, 4) is 5.75 Å². The van der Waals surface area contributed by atoms with E-state index >= 15 is 0 Å². The molecule has 2 amide bonds. The average Bonchev–Trinajstić information content (AvgIpc) is 2.76. The third-order valence-electron chi connectivity index (χ3n) is 4.56. The monoisotopic (exact) mass is 401 g/mol. The van der Waals surface area contributed by atoms with E-state index in [4.69, 9.17) is 5.73 Å². The minimum absolute atomic E-state index is 0.0514. The first kappa shape index (κ1) is 20.7. The van der Waals surface area contributed by atoms with Crippen molar-refractivity contribution < 1.29 is 14.7 Å². The fourth-order valence-corrected chi connectivity index (χ4v) is 2.95. The van der Waals surface area contributed by atoms with E-state index in [1.807, 2.05) is 6.92 Å². The van der Waals surface area contributed by atoms with E-state index < -0.39 is 0 Å². The molecule has 0 saturated carbocycles. The van der Waals surface area contributed by atoms with Gasteiger partial charge in [0.2, 0.25) is 0 Å². The van der Waals surface area contributed by atoms with E-state index in [0.29, 0.717) is 29.2 Å². The summed E-state index contributed by atoms with van der Waals surface area (Å²) in [7, 11) is 0. The standard InChI is InChI=1S/C24H23N3O3/c1-2-27(21-9-5-6-10-22(21)28)23(29)16-13-17-11-14-18(15-12-17)24(30)26-20-8-4-3-7-19(20)25/h3-16,28H,2,25H2,1H3,(H,26,30). The molecule has 6 nitrogen and oxygen atoms in total. The highest BCUT2D eigenvalue weighted by molar-refractivity contribution is 6.06. The summed E-state index contributed by atoms with van der Waals surface area (Å²) in [5.41, 5.74) is 8.61. The van der Waals surface area contributed by atoms with Crippen molar-refractivity contribution in [3.05, 3.63) is 90.0 Å². The second kappa shape index (κ2) is 9.43. The number of nitrogen functional groups attached to an aromatic ring is 1. The summed E-state index contributed by atoms with van der Waals surface area (Å²) in [4.78, 5) is 26.4. The van der Waals surface area contributed by atoms with Gasteiger partial charge >= 0.3 is 0 Å². The lowest BCUT2D eigenvalue weighted by Crippen LogP contribution is -2.28. The molecule has 0 saturated heterocycles. The van der Waals surface area contributed by atoms with Crippen LogP contribution >= 0.6 is 0 Å². The summed E-state index contributed by atoms with van der Waals surface area (Å²) < 4.78 is 0. The quantitative estimate of drug-likeness (QED) is 0.424. The molecular weight excluding hydrogens is 378 g/mol. The molecule has 4 N–H and O–H groups in total. The second-order valence-electron chi connectivity index (χ2n) is 6.57. The number of amides is 2. The van der Waals surface area contributed by atoms with Crippen molar-refractivity contribution in [1.82, 2.24) is 0 Å². The number of hydrogen-bond donors (Lipinski definition) is 3. The van der Waals surface area contributed by atoms with Crippen molar-refractivity contribution in [2.75, 3.05) is 22.5 Å². The number of para-hydroxylation sites is 4. The number of hydrogen-bond acceptors (Lipinski definition) is 4. The largest absolute Gasteiger partial charge is 0.506 e. The summed E-state index contributed by atoms with van der Waals surface area (Å²) in [6.07, 6.45) is 3.11. The topological polar surface area (TPSA) is 95.7 Å². The zero-order chi connectivity index (χ0) is 21.5. The van der Waals surface area contributed by atoms with Gasteiger partial charge in [0.1, 0.15) is 5.75 Å². The van der Waals surface area contributed by atoms with Crippen molar-refractivity contribution in [1.29, 1.82) is 0 Å². The van der Waals surface area contributed by atoms with Crippen molar-refractivity contribution in [3.63, 3.8) is 0 Å². The molecule has 0 radical (unpaired) electrons. The molecule has 0 aliphatic heterocycles. The molecule has 0 atom stereocenters. The number of aromatic hydroxyl groups is 1. The zero-order valence-corrected chi connectivity index (χ0v) is 16.6. The zero-order valence-electron chi connectivity index (χ0n) is 16.6. The first-order valence-electron chi connectivity index (χ1n) is 9.53. The second-order valence-corrected chi connectivity index (χ2v) is 6.57. The first-order valence-corrected chi connectivity index (χ1v) is 9.53. The molecule has 30 heavy (non-hydrogen) atoms. The lowest BCUT2D eigenvalue weighted by molar-refractivity contribution is -0.114. The Hall–Kier alpha value is -4.06. The Morgan fingerprint density at radius 1 is 1.00 bits per heavy atom. The molecule has 0 heterocycles. The Bertz CT molecular complexity index is 1080. The van der Waals surface area contributed by atoms with E-state index in [1.165, 1.54) is 11.0 Å². The maximum Gasteiger partial charge on any atom is 0.255 e. The van der Waals surface area contributed by atoms with E-state index in [9.17, 15) is 14.7 Å². The van der Waals surface area contributed by atoms with E-state index in [-0.39, 0.29) is 17.6 Å². The summed E-state index contributed by atoms with van der Waals surface area (Å²) in [6.45, 7) is 2.26. The number of phenols is 1. The van der Waals surface area contributed by atoms with Gasteiger partial charge in [0.05, 0.1) is 17.1 Å². The molecule has 3 aromatic rings.